The minimum absolute atomic E-state index is 0.156. The number of para-hydroxylation sites is 1. The molecule has 2 aromatic heterocycles. The van der Waals surface area contributed by atoms with Crippen LogP contribution in [0.1, 0.15) is 52.8 Å². The highest BCUT2D eigenvalue weighted by molar-refractivity contribution is 7.80. The van der Waals surface area contributed by atoms with Gasteiger partial charge in [0.05, 0.1) is 43.4 Å². The van der Waals surface area contributed by atoms with Crippen LogP contribution in [0.2, 0.25) is 0 Å². The molecule has 1 fully saturated rings. The Kier molecular flexibility index (Phi) is 7.13. The Hall–Kier alpha value is -3.84. The van der Waals surface area contributed by atoms with Gasteiger partial charge in [-0.05, 0) is 86.4 Å². The van der Waals surface area contributed by atoms with E-state index in [2.05, 4.69) is 72.8 Å². The Morgan fingerprint density at radius 2 is 1.79 bits per heavy atom. The van der Waals surface area contributed by atoms with Crippen molar-refractivity contribution in [3.63, 3.8) is 0 Å². The fourth-order valence-corrected chi connectivity index (χ4v) is 6.01. The van der Waals surface area contributed by atoms with Crippen LogP contribution in [0.5, 0.6) is 11.5 Å². The van der Waals surface area contributed by atoms with Crippen LogP contribution in [-0.4, -0.2) is 28.9 Å². The third-order valence-electron chi connectivity index (χ3n) is 7.46. The molecule has 0 spiro atoms. The molecule has 1 aliphatic rings. The molecule has 0 radical (unpaired) electrons. The van der Waals surface area contributed by atoms with Crippen molar-refractivity contribution in [2.24, 2.45) is 0 Å². The van der Waals surface area contributed by atoms with E-state index in [1.54, 1.807) is 14.2 Å². The van der Waals surface area contributed by atoms with E-state index in [1.807, 2.05) is 36.5 Å². The van der Waals surface area contributed by atoms with Crippen LogP contribution in [0.4, 0.5) is 5.69 Å². The normalized spacial score (nSPS) is 17.0. The van der Waals surface area contributed by atoms with E-state index >= 15 is 0 Å². The predicted molar refractivity (Wildman–Crippen MR) is 157 cm³/mol. The van der Waals surface area contributed by atoms with Crippen molar-refractivity contribution >= 4 is 23.0 Å². The molecule has 38 heavy (non-hydrogen) atoms. The van der Waals surface area contributed by atoms with E-state index in [4.69, 9.17) is 26.7 Å². The molecule has 1 aliphatic heterocycles. The van der Waals surface area contributed by atoms with Crippen LogP contribution in [0.3, 0.4) is 0 Å². The van der Waals surface area contributed by atoms with Gasteiger partial charge in [-0.25, -0.2) is 0 Å². The molecule has 0 amide bonds. The summed E-state index contributed by atoms with van der Waals surface area (Å²) in [5.41, 5.74) is 9.15. The van der Waals surface area contributed by atoms with Crippen LogP contribution in [0.25, 0.3) is 5.69 Å². The Bertz CT molecular complexity index is 1480. The number of pyridine rings is 1. The van der Waals surface area contributed by atoms with Gasteiger partial charge in [0.15, 0.2) is 5.11 Å². The zero-order valence-corrected chi connectivity index (χ0v) is 23.6. The van der Waals surface area contributed by atoms with Crippen molar-refractivity contribution in [3.05, 3.63) is 101 Å². The van der Waals surface area contributed by atoms with Gasteiger partial charge < -0.3 is 24.3 Å². The zero-order valence-electron chi connectivity index (χ0n) is 22.8. The second-order valence-electron chi connectivity index (χ2n) is 9.63. The fraction of sp³-hybridized carbons (Fsp3) is 0.290. The molecule has 3 heterocycles. The Morgan fingerprint density at radius 1 is 0.974 bits per heavy atom. The quantitative estimate of drug-likeness (QED) is 0.276. The van der Waals surface area contributed by atoms with Gasteiger partial charge in [0.25, 0.3) is 0 Å². The number of nitrogens with one attached hydrogen (secondary N) is 1. The number of ether oxygens (including phenoxy) is 2. The third kappa shape index (κ3) is 4.31. The van der Waals surface area contributed by atoms with Crippen LogP contribution in [-0.2, 0) is 6.42 Å². The van der Waals surface area contributed by atoms with E-state index < -0.39 is 0 Å². The molecule has 0 aliphatic carbocycles. The van der Waals surface area contributed by atoms with Crippen molar-refractivity contribution in [1.82, 2.24) is 14.9 Å². The molecule has 2 atom stereocenters. The summed E-state index contributed by atoms with van der Waals surface area (Å²) in [5.74, 6) is 1.46. The highest BCUT2D eigenvalue weighted by Gasteiger charge is 2.43. The number of thiocarbonyl (C=S) groups is 1. The number of aromatic nitrogens is 2. The summed E-state index contributed by atoms with van der Waals surface area (Å²) in [7, 11) is 3.35. The lowest BCUT2D eigenvalue weighted by molar-refractivity contribution is 0.403. The molecule has 0 saturated carbocycles. The smallest absolute Gasteiger partial charge is 0.174 e. The molecule has 0 unspecified atom stereocenters. The first-order valence-corrected chi connectivity index (χ1v) is 13.3. The van der Waals surface area contributed by atoms with Crippen molar-refractivity contribution in [3.8, 4) is 17.2 Å². The Morgan fingerprint density at radius 3 is 2.47 bits per heavy atom. The maximum absolute atomic E-state index is 5.98. The van der Waals surface area contributed by atoms with E-state index in [0.717, 1.165) is 29.3 Å². The van der Waals surface area contributed by atoms with Crippen LogP contribution < -0.4 is 19.7 Å². The number of anilines is 1. The summed E-state index contributed by atoms with van der Waals surface area (Å²) in [5, 5.41) is 4.19. The molecular weight excluding hydrogens is 492 g/mol. The summed E-state index contributed by atoms with van der Waals surface area (Å²) in [6.45, 7) is 8.77. The lowest BCUT2D eigenvalue weighted by Crippen LogP contribution is -2.30. The molecule has 196 valence electrons. The summed E-state index contributed by atoms with van der Waals surface area (Å²) in [6.07, 6.45) is 2.79. The van der Waals surface area contributed by atoms with Crippen LogP contribution >= 0.6 is 12.2 Å². The standard InChI is InChI=1S/C31H34N4O2S/c1-7-22-12-10-11-19(2)29(22)34-20(3)17-24(21(34)4)30-28(25-13-8-9-16-32-25)33-31(38)35(30)26-18-23(36-5)14-15-27(26)37-6/h8-18,28,30H,7H2,1-6H3,(H,33,38)/t28-,30-/m0/s1. The first kappa shape index (κ1) is 25.8. The molecule has 6 nitrogen and oxygen atoms in total. The number of hydrogen-bond acceptors (Lipinski definition) is 4. The molecule has 1 N–H and O–H groups in total. The van der Waals surface area contributed by atoms with Crippen molar-refractivity contribution in [1.29, 1.82) is 0 Å². The zero-order chi connectivity index (χ0) is 27.0. The van der Waals surface area contributed by atoms with Crippen molar-refractivity contribution < 1.29 is 9.47 Å². The van der Waals surface area contributed by atoms with Crippen LogP contribution in [0.15, 0.2) is 66.9 Å². The molecule has 4 aromatic rings. The number of aryl methyl sites for hydroxylation is 3. The van der Waals surface area contributed by atoms with Crippen molar-refractivity contribution in [2.75, 3.05) is 19.1 Å². The van der Waals surface area contributed by atoms with E-state index in [0.29, 0.717) is 5.11 Å². The van der Waals surface area contributed by atoms with Crippen molar-refractivity contribution in [2.45, 2.75) is 46.2 Å². The van der Waals surface area contributed by atoms with Gasteiger partial charge in [0.2, 0.25) is 0 Å². The Balaban J connectivity index is 1.75. The SMILES string of the molecule is CCc1cccc(C)c1-n1c(C)cc([C@H]2[C@H](c3ccccn3)NC(=S)N2c2cc(OC)ccc2OC)c1C. The van der Waals surface area contributed by atoms with E-state index in [9.17, 15) is 0 Å². The number of benzene rings is 2. The van der Waals surface area contributed by atoms with Gasteiger partial charge >= 0.3 is 0 Å². The van der Waals surface area contributed by atoms with E-state index in [1.165, 1.54) is 33.8 Å². The Labute approximate surface area is 230 Å². The molecular formula is C31H34N4O2S. The van der Waals surface area contributed by atoms with E-state index in [-0.39, 0.29) is 12.1 Å². The van der Waals surface area contributed by atoms with Gasteiger partial charge in [-0.1, -0.05) is 31.2 Å². The van der Waals surface area contributed by atoms with Gasteiger partial charge in [-0.2, -0.15) is 0 Å². The minimum atomic E-state index is -0.160. The predicted octanol–water partition coefficient (Wildman–Crippen LogP) is 6.55. The second-order valence-corrected chi connectivity index (χ2v) is 10.0. The highest BCUT2D eigenvalue weighted by Crippen LogP contribution is 2.47. The largest absolute Gasteiger partial charge is 0.497 e. The van der Waals surface area contributed by atoms with Gasteiger partial charge in [-0.15, -0.1) is 0 Å². The summed E-state index contributed by atoms with van der Waals surface area (Å²) >= 11 is 5.98. The summed E-state index contributed by atoms with van der Waals surface area (Å²) in [6, 6.07) is 20.3. The maximum Gasteiger partial charge on any atom is 0.174 e. The van der Waals surface area contributed by atoms with Gasteiger partial charge in [-0.3, -0.25) is 4.98 Å². The minimum Gasteiger partial charge on any atom is -0.497 e. The molecule has 2 aromatic carbocycles. The first-order chi connectivity index (χ1) is 18.4. The third-order valence-corrected chi connectivity index (χ3v) is 7.77. The van der Waals surface area contributed by atoms with Gasteiger partial charge in [0, 0.05) is 23.7 Å². The van der Waals surface area contributed by atoms with Gasteiger partial charge in [0.1, 0.15) is 11.5 Å². The summed E-state index contributed by atoms with van der Waals surface area (Å²) < 4.78 is 13.8. The second kappa shape index (κ2) is 10.5. The first-order valence-electron chi connectivity index (χ1n) is 12.9. The molecule has 7 heteroatoms. The number of nitrogens with zero attached hydrogens (tertiary/aromatic N) is 3. The average molecular weight is 527 g/mol. The van der Waals surface area contributed by atoms with Crippen LogP contribution in [0, 0.1) is 20.8 Å². The fourth-order valence-electron chi connectivity index (χ4n) is 5.67. The molecule has 0 bridgehead atoms. The molecule has 1 saturated heterocycles. The average Bonchev–Trinajstić information content (AvgIpc) is 3.43. The maximum atomic E-state index is 5.98. The summed E-state index contributed by atoms with van der Waals surface area (Å²) in [4.78, 5) is 6.88. The number of hydrogen-bond donors (Lipinski definition) is 1. The number of methoxy groups -OCH3 is 2. The monoisotopic (exact) mass is 526 g/mol. The highest BCUT2D eigenvalue weighted by atomic mass is 32.1. The number of rotatable bonds is 7. The lowest BCUT2D eigenvalue weighted by atomic mass is 9.96. The molecule has 5 rings (SSSR count). The lowest BCUT2D eigenvalue weighted by Gasteiger charge is -2.29. The topological polar surface area (TPSA) is 51.6 Å².